The van der Waals surface area contributed by atoms with Gasteiger partial charge in [-0.05, 0) is 53.1 Å². The first-order chi connectivity index (χ1) is 14.1. The van der Waals surface area contributed by atoms with Crippen LogP contribution in [-0.4, -0.2) is 48.7 Å². The predicted molar refractivity (Wildman–Crippen MR) is 109 cm³/mol. The Morgan fingerprint density at radius 3 is 2.72 bits per heavy atom. The Labute approximate surface area is 170 Å². The van der Waals surface area contributed by atoms with Crippen molar-refractivity contribution in [2.45, 2.75) is 22.6 Å². The van der Waals surface area contributed by atoms with Gasteiger partial charge in [0.05, 0.1) is 17.3 Å². The second kappa shape index (κ2) is 6.93. The highest BCUT2D eigenvalue weighted by atomic mass is 32.2. The van der Waals surface area contributed by atoms with Crippen molar-refractivity contribution < 1.29 is 13.2 Å². The third-order valence-electron chi connectivity index (χ3n) is 5.89. The van der Waals surface area contributed by atoms with E-state index >= 15 is 0 Å². The van der Waals surface area contributed by atoms with E-state index in [-0.39, 0.29) is 11.2 Å². The molecule has 7 heteroatoms. The number of methoxy groups -OCH3 is 1. The molecule has 29 heavy (non-hydrogen) atoms. The monoisotopic (exact) mass is 407 g/mol. The fraction of sp³-hybridized carbons (Fsp3) is 0.273. The van der Waals surface area contributed by atoms with Crippen LogP contribution in [0.5, 0.6) is 5.88 Å². The van der Waals surface area contributed by atoms with E-state index in [2.05, 4.69) is 14.9 Å². The van der Waals surface area contributed by atoms with Crippen molar-refractivity contribution in [2.75, 3.05) is 20.2 Å². The van der Waals surface area contributed by atoms with Gasteiger partial charge < -0.3 is 4.74 Å². The number of sulfone groups is 1. The SMILES string of the molecule is COc1ncccc1-c1ccc2c(c1)[C@H]1CN(Cc3ccncc3)C[C@H]1S2(=O)=O. The molecule has 2 aliphatic heterocycles. The van der Waals surface area contributed by atoms with Crippen molar-refractivity contribution in [1.29, 1.82) is 0 Å². The molecule has 2 aliphatic rings. The maximum atomic E-state index is 13.2. The van der Waals surface area contributed by atoms with Crippen LogP contribution in [0.25, 0.3) is 11.1 Å². The van der Waals surface area contributed by atoms with Gasteiger partial charge in [-0.3, -0.25) is 9.88 Å². The normalized spacial score (nSPS) is 22.2. The minimum absolute atomic E-state index is 0.0144. The van der Waals surface area contributed by atoms with Crippen LogP contribution in [-0.2, 0) is 16.4 Å². The zero-order chi connectivity index (χ0) is 20.0. The van der Waals surface area contributed by atoms with Crippen molar-refractivity contribution in [1.82, 2.24) is 14.9 Å². The van der Waals surface area contributed by atoms with Gasteiger partial charge in [-0.2, -0.15) is 0 Å². The fourth-order valence-electron chi connectivity index (χ4n) is 4.54. The Morgan fingerprint density at radius 1 is 1.10 bits per heavy atom. The summed E-state index contributed by atoms with van der Waals surface area (Å²) >= 11 is 0. The molecule has 5 rings (SSSR count). The lowest BCUT2D eigenvalue weighted by atomic mass is 9.95. The van der Waals surface area contributed by atoms with Crippen LogP contribution in [0, 0.1) is 0 Å². The van der Waals surface area contributed by atoms with Crippen LogP contribution in [0.3, 0.4) is 0 Å². The lowest BCUT2D eigenvalue weighted by Gasteiger charge is -2.17. The average Bonchev–Trinajstić information content (AvgIpc) is 3.26. The molecule has 0 aliphatic carbocycles. The number of nitrogens with zero attached hydrogens (tertiary/aromatic N) is 3. The first-order valence-electron chi connectivity index (χ1n) is 9.56. The fourth-order valence-corrected chi connectivity index (χ4v) is 6.74. The van der Waals surface area contributed by atoms with E-state index in [4.69, 9.17) is 4.74 Å². The molecule has 148 valence electrons. The number of hydrogen-bond donors (Lipinski definition) is 0. The van der Waals surface area contributed by atoms with Crippen LogP contribution >= 0.6 is 0 Å². The summed E-state index contributed by atoms with van der Waals surface area (Å²) in [5.74, 6) is 0.523. The summed E-state index contributed by atoms with van der Waals surface area (Å²) in [6.07, 6.45) is 5.22. The maximum absolute atomic E-state index is 13.2. The average molecular weight is 407 g/mol. The molecular weight excluding hydrogens is 386 g/mol. The Morgan fingerprint density at radius 2 is 1.93 bits per heavy atom. The molecule has 4 heterocycles. The molecule has 0 radical (unpaired) electrons. The summed E-state index contributed by atoms with van der Waals surface area (Å²) in [6, 6.07) is 13.4. The molecule has 0 spiro atoms. The van der Waals surface area contributed by atoms with Crippen LogP contribution in [0.15, 0.2) is 66.0 Å². The molecule has 1 saturated heterocycles. The molecule has 0 saturated carbocycles. The van der Waals surface area contributed by atoms with E-state index < -0.39 is 9.84 Å². The van der Waals surface area contributed by atoms with Gasteiger partial charge in [0.1, 0.15) is 0 Å². The second-order valence-electron chi connectivity index (χ2n) is 7.55. The molecule has 0 amide bonds. The van der Waals surface area contributed by atoms with Gasteiger partial charge in [0.25, 0.3) is 0 Å². The Hall–Kier alpha value is -2.77. The van der Waals surface area contributed by atoms with Crippen molar-refractivity contribution in [3.63, 3.8) is 0 Å². The summed E-state index contributed by atoms with van der Waals surface area (Å²) in [5.41, 5.74) is 3.85. The quantitative estimate of drug-likeness (QED) is 0.662. The molecule has 0 bridgehead atoms. The Balaban J connectivity index is 1.50. The molecular formula is C22H21N3O3S. The smallest absolute Gasteiger partial charge is 0.221 e. The molecule has 2 aromatic heterocycles. The maximum Gasteiger partial charge on any atom is 0.221 e. The number of rotatable bonds is 4. The zero-order valence-electron chi connectivity index (χ0n) is 16.0. The molecule has 6 nitrogen and oxygen atoms in total. The highest BCUT2D eigenvalue weighted by Gasteiger charge is 2.50. The van der Waals surface area contributed by atoms with Gasteiger partial charge in [0.2, 0.25) is 5.88 Å². The van der Waals surface area contributed by atoms with Gasteiger partial charge in [0.15, 0.2) is 9.84 Å². The number of likely N-dealkylation sites (tertiary alicyclic amines) is 1. The van der Waals surface area contributed by atoms with Gasteiger partial charge in [-0.15, -0.1) is 0 Å². The number of ether oxygens (including phenoxy) is 1. The highest BCUT2D eigenvalue weighted by molar-refractivity contribution is 7.92. The molecule has 3 aromatic rings. The van der Waals surface area contributed by atoms with Gasteiger partial charge in [-0.1, -0.05) is 6.07 Å². The summed E-state index contributed by atoms with van der Waals surface area (Å²) in [7, 11) is -1.73. The third kappa shape index (κ3) is 3.01. The van der Waals surface area contributed by atoms with Gasteiger partial charge in [-0.25, -0.2) is 13.4 Å². The first kappa shape index (κ1) is 18.3. The Bertz CT molecular complexity index is 1160. The van der Waals surface area contributed by atoms with Crippen molar-refractivity contribution in [2.24, 2.45) is 0 Å². The van der Waals surface area contributed by atoms with E-state index in [1.807, 2.05) is 36.4 Å². The van der Waals surface area contributed by atoms with Crippen LogP contribution < -0.4 is 4.74 Å². The van der Waals surface area contributed by atoms with Crippen molar-refractivity contribution in [3.05, 3.63) is 72.2 Å². The van der Waals surface area contributed by atoms with Crippen LogP contribution in [0.4, 0.5) is 0 Å². The number of hydrogen-bond acceptors (Lipinski definition) is 6. The minimum atomic E-state index is -3.32. The first-order valence-corrected chi connectivity index (χ1v) is 11.1. The molecule has 1 fully saturated rings. The van der Waals surface area contributed by atoms with Crippen molar-refractivity contribution in [3.8, 4) is 17.0 Å². The molecule has 1 aromatic carbocycles. The van der Waals surface area contributed by atoms with Crippen LogP contribution in [0.2, 0.25) is 0 Å². The van der Waals surface area contributed by atoms with E-state index in [1.54, 1.807) is 31.8 Å². The number of aromatic nitrogens is 2. The lowest BCUT2D eigenvalue weighted by molar-refractivity contribution is 0.325. The molecule has 2 atom stereocenters. The van der Waals surface area contributed by atoms with E-state index in [9.17, 15) is 8.42 Å². The largest absolute Gasteiger partial charge is 0.481 e. The molecule has 0 unspecified atom stereocenters. The summed E-state index contributed by atoms with van der Waals surface area (Å²) in [5, 5.41) is -0.384. The number of fused-ring (bicyclic) bond motifs is 3. The summed E-state index contributed by atoms with van der Waals surface area (Å²) < 4.78 is 31.7. The van der Waals surface area contributed by atoms with Crippen LogP contribution in [0.1, 0.15) is 17.0 Å². The van der Waals surface area contributed by atoms with E-state index in [0.717, 1.165) is 35.3 Å². The summed E-state index contributed by atoms with van der Waals surface area (Å²) in [4.78, 5) is 11.0. The lowest BCUT2D eigenvalue weighted by Crippen LogP contribution is -2.25. The predicted octanol–water partition coefficient (Wildman–Crippen LogP) is 2.91. The zero-order valence-corrected chi connectivity index (χ0v) is 16.8. The minimum Gasteiger partial charge on any atom is -0.481 e. The second-order valence-corrected chi connectivity index (χ2v) is 9.69. The van der Waals surface area contributed by atoms with E-state index in [1.165, 1.54) is 0 Å². The Kier molecular flexibility index (Phi) is 4.37. The molecule has 0 N–H and O–H groups in total. The summed E-state index contributed by atoms with van der Waals surface area (Å²) in [6.45, 7) is 2.01. The van der Waals surface area contributed by atoms with Crippen molar-refractivity contribution >= 4 is 9.84 Å². The van der Waals surface area contributed by atoms with Gasteiger partial charge >= 0.3 is 0 Å². The number of benzene rings is 1. The number of pyridine rings is 2. The van der Waals surface area contributed by atoms with E-state index in [0.29, 0.717) is 17.3 Å². The van der Waals surface area contributed by atoms with Gasteiger partial charge in [0, 0.05) is 49.7 Å². The topological polar surface area (TPSA) is 72.4 Å². The highest BCUT2D eigenvalue weighted by Crippen LogP contribution is 2.46. The standard InChI is InChI=1S/C22H21N3O3S/c1-28-22-17(3-2-8-24-22)16-4-5-20-18(11-16)19-13-25(14-21(19)29(20,26)27)12-15-6-9-23-10-7-15/h2-11,19,21H,12-14H2,1H3/t19-,21-/m1/s1. The third-order valence-corrected chi connectivity index (χ3v) is 8.15.